The molecular formula is C15H20N4. The topological polar surface area (TPSA) is 34.0 Å². The molecule has 1 aromatic carbocycles. The molecule has 0 spiro atoms. The third kappa shape index (κ3) is 2.84. The van der Waals surface area contributed by atoms with E-state index in [0.717, 1.165) is 25.5 Å². The van der Waals surface area contributed by atoms with Crippen LogP contribution >= 0.6 is 0 Å². The van der Waals surface area contributed by atoms with Crippen LogP contribution in [0.4, 0.5) is 0 Å². The molecule has 2 aromatic rings. The molecule has 4 nitrogen and oxygen atoms in total. The number of hydrogen-bond donors (Lipinski definition) is 0. The van der Waals surface area contributed by atoms with Gasteiger partial charge in [-0.15, -0.1) is 0 Å². The Bertz CT molecular complexity index is 512. The van der Waals surface area contributed by atoms with Crippen molar-refractivity contribution in [3.8, 4) is 0 Å². The van der Waals surface area contributed by atoms with Gasteiger partial charge in [0, 0.05) is 19.5 Å². The van der Waals surface area contributed by atoms with E-state index >= 15 is 0 Å². The van der Waals surface area contributed by atoms with E-state index < -0.39 is 0 Å². The van der Waals surface area contributed by atoms with E-state index in [-0.39, 0.29) is 0 Å². The van der Waals surface area contributed by atoms with E-state index in [0.29, 0.717) is 5.92 Å². The number of nitrogens with zero attached hydrogens (tertiary/aromatic N) is 4. The van der Waals surface area contributed by atoms with Gasteiger partial charge in [-0.3, -0.25) is 9.58 Å². The molecule has 0 aliphatic carbocycles. The van der Waals surface area contributed by atoms with Crippen LogP contribution in [0.15, 0.2) is 36.7 Å². The highest BCUT2D eigenvalue weighted by Crippen LogP contribution is 2.26. The lowest BCUT2D eigenvalue weighted by Crippen LogP contribution is -2.33. The molecule has 0 saturated carbocycles. The molecular weight excluding hydrogens is 236 g/mol. The summed E-state index contributed by atoms with van der Waals surface area (Å²) in [7, 11) is 1.98. The molecule has 19 heavy (non-hydrogen) atoms. The van der Waals surface area contributed by atoms with E-state index in [2.05, 4.69) is 45.3 Å². The van der Waals surface area contributed by atoms with Crippen molar-refractivity contribution >= 4 is 0 Å². The van der Waals surface area contributed by atoms with Crippen molar-refractivity contribution in [1.29, 1.82) is 0 Å². The second-order valence-electron chi connectivity index (χ2n) is 5.28. The van der Waals surface area contributed by atoms with Crippen LogP contribution in [0.3, 0.4) is 0 Å². The zero-order chi connectivity index (χ0) is 13.1. The first-order chi connectivity index (χ1) is 9.33. The molecule has 1 saturated heterocycles. The SMILES string of the molecule is Cn1ncnc1C1CCN(Cc2ccccc2)CC1. The summed E-state index contributed by atoms with van der Waals surface area (Å²) >= 11 is 0. The van der Waals surface area contributed by atoms with Crippen molar-refractivity contribution in [2.24, 2.45) is 7.05 Å². The molecule has 0 radical (unpaired) electrons. The number of benzene rings is 1. The van der Waals surface area contributed by atoms with E-state index in [1.165, 1.54) is 18.4 Å². The lowest BCUT2D eigenvalue weighted by molar-refractivity contribution is 0.200. The minimum Gasteiger partial charge on any atom is -0.299 e. The van der Waals surface area contributed by atoms with Crippen LogP contribution in [0, 0.1) is 0 Å². The Morgan fingerprint density at radius 3 is 2.53 bits per heavy atom. The normalized spacial score (nSPS) is 17.7. The van der Waals surface area contributed by atoms with E-state index in [1.54, 1.807) is 6.33 Å². The summed E-state index contributed by atoms with van der Waals surface area (Å²) in [5.41, 5.74) is 1.40. The summed E-state index contributed by atoms with van der Waals surface area (Å²) in [5.74, 6) is 1.71. The average Bonchev–Trinajstić information content (AvgIpc) is 2.87. The first kappa shape index (κ1) is 12.4. The van der Waals surface area contributed by atoms with Gasteiger partial charge in [0.25, 0.3) is 0 Å². The Balaban J connectivity index is 1.57. The maximum Gasteiger partial charge on any atom is 0.138 e. The van der Waals surface area contributed by atoms with Crippen LogP contribution in [0.1, 0.15) is 30.1 Å². The molecule has 0 atom stereocenters. The maximum atomic E-state index is 4.38. The van der Waals surface area contributed by atoms with Gasteiger partial charge in [0.2, 0.25) is 0 Å². The monoisotopic (exact) mass is 256 g/mol. The number of aromatic nitrogens is 3. The van der Waals surface area contributed by atoms with Crippen LogP contribution < -0.4 is 0 Å². The van der Waals surface area contributed by atoms with Crippen LogP contribution in [0.5, 0.6) is 0 Å². The van der Waals surface area contributed by atoms with Crippen molar-refractivity contribution in [3.05, 3.63) is 48.0 Å². The molecule has 0 bridgehead atoms. The van der Waals surface area contributed by atoms with E-state index in [4.69, 9.17) is 0 Å². The first-order valence-corrected chi connectivity index (χ1v) is 6.93. The number of rotatable bonds is 3. The molecule has 4 heteroatoms. The van der Waals surface area contributed by atoms with Crippen molar-refractivity contribution in [3.63, 3.8) is 0 Å². The molecule has 2 heterocycles. The number of piperidine rings is 1. The standard InChI is InChI=1S/C15H20N4/c1-18-15(16-12-17-18)14-7-9-19(10-8-14)11-13-5-3-2-4-6-13/h2-6,12,14H,7-11H2,1H3. The summed E-state index contributed by atoms with van der Waals surface area (Å²) in [6, 6.07) is 10.7. The predicted octanol–water partition coefficient (Wildman–Crippen LogP) is 2.19. The summed E-state index contributed by atoms with van der Waals surface area (Å²) < 4.78 is 1.91. The van der Waals surface area contributed by atoms with Gasteiger partial charge in [-0.05, 0) is 31.5 Å². The summed E-state index contributed by atoms with van der Waals surface area (Å²) in [5, 5.41) is 4.17. The smallest absolute Gasteiger partial charge is 0.138 e. The Hall–Kier alpha value is -1.68. The summed E-state index contributed by atoms with van der Waals surface area (Å²) in [6.07, 6.45) is 4.02. The molecule has 1 aromatic heterocycles. The fourth-order valence-electron chi connectivity index (χ4n) is 2.87. The minimum absolute atomic E-state index is 0.569. The second kappa shape index (κ2) is 5.53. The molecule has 0 unspecified atom stereocenters. The van der Waals surface area contributed by atoms with Gasteiger partial charge in [-0.2, -0.15) is 5.10 Å². The Labute approximate surface area is 114 Å². The van der Waals surface area contributed by atoms with Gasteiger partial charge < -0.3 is 0 Å². The largest absolute Gasteiger partial charge is 0.299 e. The molecule has 3 rings (SSSR count). The van der Waals surface area contributed by atoms with Crippen LogP contribution in [0.25, 0.3) is 0 Å². The molecule has 1 aliphatic heterocycles. The molecule has 1 aliphatic rings. The Kier molecular flexibility index (Phi) is 3.60. The third-order valence-corrected chi connectivity index (χ3v) is 3.95. The zero-order valence-electron chi connectivity index (χ0n) is 11.4. The number of likely N-dealkylation sites (tertiary alicyclic amines) is 1. The maximum absolute atomic E-state index is 4.38. The summed E-state index contributed by atoms with van der Waals surface area (Å²) in [6.45, 7) is 3.35. The van der Waals surface area contributed by atoms with Crippen LogP contribution in [-0.4, -0.2) is 32.8 Å². The molecule has 100 valence electrons. The summed E-state index contributed by atoms with van der Waals surface area (Å²) in [4.78, 5) is 6.91. The van der Waals surface area contributed by atoms with Gasteiger partial charge in [0.15, 0.2) is 0 Å². The molecule has 1 fully saturated rings. The van der Waals surface area contributed by atoms with Gasteiger partial charge in [0.1, 0.15) is 12.2 Å². The van der Waals surface area contributed by atoms with Gasteiger partial charge >= 0.3 is 0 Å². The van der Waals surface area contributed by atoms with Crippen molar-refractivity contribution in [2.75, 3.05) is 13.1 Å². The number of aryl methyl sites for hydroxylation is 1. The highest BCUT2D eigenvalue weighted by molar-refractivity contribution is 5.14. The van der Waals surface area contributed by atoms with E-state index in [1.807, 2.05) is 11.7 Å². The fourth-order valence-corrected chi connectivity index (χ4v) is 2.87. The zero-order valence-corrected chi connectivity index (χ0v) is 11.4. The lowest BCUT2D eigenvalue weighted by atomic mass is 9.95. The molecule has 0 N–H and O–H groups in total. The first-order valence-electron chi connectivity index (χ1n) is 6.93. The Morgan fingerprint density at radius 2 is 1.89 bits per heavy atom. The van der Waals surface area contributed by atoms with Crippen molar-refractivity contribution in [1.82, 2.24) is 19.7 Å². The fraction of sp³-hybridized carbons (Fsp3) is 0.467. The van der Waals surface area contributed by atoms with Gasteiger partial charge in [-0.1, -0.05) is 30.3 Å². The minimum atomic E-state index is 0.569. The van der Waals surface area contributed by atoms with Gasteiger partial charge in [0.05, 0.1) is 0 Å². The third-order valence-electron chi connectivity index (χ3n) is 3.95. The van der Waals surface area contributed by atoms with E-state index in [9.17, 15) is 0 Å². The van der Waals surface area contributed by atoms with Crippen molar-refractivity contribution < 1.29 is 0 Å². The van der Waals surface area contributed by atoms with Crippen molar-refractivity contribution in [2.45, 2.75) is 25.3 Å². The predicted molar refractivity (Wildman–Crippen MR) is 74.7 cm³/mol. The second-order valence-corrected chi connectivity index (χ2v) is 5.28. The van der Waals surface area contributed by atoms with Crippen LogP contribution in [-0.2, 0) is 13.6 Å². The molecule has 0 amide bonds. The quantitative estimate of drug-likeness (QED) is 0.844. The highest BCUT2D eigenvalue weighted by atomic mass is 15.3. The van der Waals surface area contributed by atoms with Crippen LogP contribution in [0.2, 0.25) is 0 Å². The lowest BCUT2D eigenvalue weighted by Gasteiger charge is -2.31. The number of hydrogen-bond acceptors (Lipinski definition) is 3. The van der Waals surface area contributed by atoms with Gasteiger partial charge in [-0.25, -0.2) is 4.98 Å². The average molecular weight is 256 g/mol. The highest BCUT2D eigenvalue weighted by Gasteiger charge is 2.23. The Morgan fingerprint density at radius 1 is 1.16 bits per heavy atom.